The maximum absolute atomic E-state index is 10.3. The summed E-state index contributed by atoms with van der Waals surface area (Å²) in [5.74, 6) is 1.41. The van der Waals surface area contributed by atoms with Gasteiger partial charge < -0.3 is 9.84 Å². The third kappa shape index (κ3) is 3.58. The number of benzene rings is 3. The Kier molecular flexibility index (Phi) is 4.67. The van der Waals surface area contributed by atoms with Crippen LogP contribution in [0.2, 0.25) is 0 Å². The minimum Gasteiger partial charge on any atom is -0.507 e. The summed E-state index contributed by atoms with van der Waals surface area (Å²) in [6.07, 6.45) is 1.58. The first-order valence-electron chi connectivity index (χ1n) is 8.31. The van der Waals surface area contributed by atoms with Crippen LogP contribution >= 0.6 is 12.2 Å². The van der Waals surface area contributed by atoms with Crippen molar-refractivity contribution in [3.63, 3.8) is 0 Å². The van der Waals surface area contributed by atoms with Gasteiger partial charge in [0.2, 0.25) is 4.77 Å². The van der Waals surface area contributed by atoms with Crippen LogP contribution in [-0.4, -0.2) is 26.2 Å². The lowest BCUT2D eigenvalue weighted by atomic mass is 10.0. The van der Waals surface area contributed by atoms with Gasteiger partial charge in [-0.25, -0.2) is 5.10 Å². The summed E-state index contributed by atoms with van der Waals surface area (Å²) >= 11 is 5.26. The molecule has 0 aliphatic carbocycles. The van der Waals surface area contributed by atoms with Crippen molar-refractivity contribution in [3.8, 4) is 11.5 Å². The van der Waals surface area contributed by atoms with Crippen molar-refractivity contribution in [3.05, 3.63) is 82.9 Å². The number of rotatable bonds is 5. The summed E-state index contributed by atoms with van der Waals surface area (Å²) < 4.78 is 7.55. The van der Waals surface area contributed by atoms with Gasteiger partial charge in [0.05, 0.1) is 6.21 Å². The Hall–Kier alpha value is -3.45. The van der Waals surface area contributed by atoms with Crippen LogP contribution in [0.4, 0.5) is 0 Å². The zero-order valence-electron chi connectivity index (χ0n) is 14.2. The molecule has 4 aromatic rings. The Morgan fingerprint density at radius 1 is 1.07 bits per heavy atom. The molecule has 0 amide bonds. The topological polar surface area (TPSA) is 75.4 Å². The van der Waals surface area contributed by atoms with Gasteiger partial charge in [0.1, 0.15) is 18.1 Å². The van der Waals surface area contributed by atoms with Crippen LogP contribution in [0.25, 0.3) is 10.8 Å². The summed E-state index contributed by atoms with van der Waals surface area (Å²) in [6, 6.07) is 20.7. The predicted molar refractivity (Wildman–Crippen MR) is 107 cm³/mol. The quantitative estimate of drug-likeness (QED) is 0.403. The van der Waals surface area contributed by atoms with E-state index in [2.05, 4.69) is 15.3 Å². The van der Waals surface area contributed by atoms with E-state index in [9.17, 15) is 5.11 Å². The number of aromatic hydroxyl groups is 1. The molecule has 0 saturated carbocycles. The number of hydrogen-bond acceptors (Lipinski definition) is 5. The molecule has 0 unspecified atom stereocenters. The van der Waals surface area contributed by atoms with E-state index in [1.807, 2.05) is 60.7 Å². The number of ether oxygens (including phenoxy) is 1. The fourth-order valence-corrected chi connectivity index (χ4v) is 2.93. The van der Waals surface area contributed by atoms with Crippen molar-refractivity contribution in [2.75, 3.05) is 0 Å². The molecule has 7 heteroatoms. The van der Waals surface area contributed by atoms with Crippen molar-refractivity contribution in [2.24, 2.45) is 5.10 Å². The summed E-state index contributed by atoms with van der Waals surface area (Å²) in [7, 11) is 0. The summed E-state index contributed by atoms with van der Waals surface area (Å²) in [6.45, 7) is 0.204. The first-order chi connectivity index (χ1) is 13.2. The van der Waals surface area contributed by atoms with E-state index < -0.39 is 0 Å². The van der Waals surface area contributed by atoms with E-state index in [1.54, 1.807) is 12.3 Å². The van der Waals surface area contributed by atoms with E-state index >= 15 is 0 Å². The SMILES string of the molecule is Oc1ccc2ccccc2c1/C=N/n1c(COc2ccccc2)n[nH]c1=S. The molecule has 4 rings (SSSR count). The number of H-pyrrole nitrogens is 1. The lowest BCUT2D eigenvalue weighted by Gasteiger charge is -2.06. The van der Waals surface area contributed by atoms with Crippen molar-refractivity contribution < 1.29 is 9.84 Å². The third-order valence-corrected chi connectivity index (χ3v) is 4.34. The number of hydrogen-bond donors (Lipinski definition) is 2. The molecule has 0 aliphatic heterocycles. The molecule has 1 heterocycles. The first kappa shape index (κ1) is 17.0. The molecule has 0 fully saturated rings. The van der Waals surface area contributed by atoms with Crippen LogP contribution < -0.4 is 4.74 Å². The maximum atomic E-state index is 10.3. The molecule has 27 heavy (non-hydrogen) atoms. The van der Waals surface area contributed by atoms with Gasteiger partial charge >= 0.3 is 0 Å². The van der Waals surface area contributed by atoms with E-state index in [0.29, 0.717) is 16.2 Å². The van der Waals surface area contributed by atoms with Crippen LogP contribution in [0.1, 0.15) is 11.4 Å². The summed E-state index contributed by atoms with van der Waals surface area (Å²) in [4.78, 5) is 0. The Balaban J connectivity index is 1.65. The third-order valence-electron chi connectivity index (χ3n) is 4.08. The number of aromatic amines is 1. The highest BCUT2D eigenvalue weighted by atomic mass is 32.1. The summed E-state index contributed by atoms with van der Waals surface area (Å²) in [5.41, 5.74) is 0.617. The van der Waals surface area contributed by atoms with Gasteiger partial charge in [-0.05, 0) is 41.2 Å². The van der Waals surface area contributed by atoms with Gasteiger partial charge in [0.15, 0.2) is 5.82 Å². The van der Waals surface area contributed by atoms with Crippen LogP contribution in [0.5, 0.6) is 11.5 Å². The second-order valence-electron chi connectivity index (χ2n) is 5.82. The average Bonchev–Trinajstić information content (AvgIpc) is 3.06. The molecule has 0 spiro atoms. The molecule has 6 nitrogen and oxygen atoms in total. The number of para-hydroxylation sites is 1. The number of nitrogens with one attached hydrogen (secondary N) is 1. The smallest absolute Gasteiger partial charge is 0.216 e. The number of fused-ring (bicyclic) bond motifs is 1. The normalized spacial score (nSPS) is 11.3. The van der Waals surface area contributed by atoms with Crippen molar-refractivity contribution in [1.82, 2.24) is 14.9 Å². The maximum Gasteiger partial charge on any atom is 0.216 e. The molecule has 1 aromatic heterocycles. The van der Waals surface area contributed by atoms with Crippen molar-refractivity contribution in [1.29, 1.82) is 0 Å². The fraction of sp³-hybridized carbons (Fsp3) is 0.0500. The molecular formula is C20H16N4O2S. The highest BCUT2D eigenvalue weighted by Gasteiger charge is 2.08. The molecule has 134 valence electrons. The van der Waals surface area contributed by atoms with E-state index in [4.69, 9.17) is 17.0 Å². The minimum atomic E-state index is 0.148. The Labute approximate surface area is 160 Å². The number of phenols is 1. The number of nitrogens with zero attached hydrogens (tertiary/aromatic N) is 3. The molecule has 3 aromatic carbocycles. The Bertz CT molecular complexity index is 1170. The second kappa shape index (κ2) is 7.43. The van der Waals surface area contributed by atoms with Gasteiger partial charge in [-0.15, -0.1) is 0 Å². The second-order valence-corrected chi connectivity index (χ2v) is 6.21. The predicted octanol–water partition coefficient (Wildman–Crippen LogP) is 4.26. The molecule has 0 radical (unpaired) electrons. The Morgan fingerprint density at radius 3 is 2.70 bits per heavy atom. The van der Waals surface area contributed by atoms with Gasteiger partial charge in [0.25, 0.3) is 0 Å². The molecule has 0 atom stereocenters. The zero-order valence-corrected chi connectivity index (χ0v) is 15.1. The largest absolute Gasteiger partial charge is 0.507 e. The molecule has 0 aliphatic rings. The van der Waals surface area contributed by atoms with Gasteiger partial charge in [0, 0.05) is 5.56 Å². The highest BCUT2D eigenvalue weighted by Crippen LogP contribution is 2.25. The number of phenolic OH excluding ortho intramolecular Hbond substituents is 1. The fourth-order valence-electron chi connectivity index (χ4n) is 2.74. The van der Waals surface area contributed by atoms with Crippen molar-refractivity contribution in [2.45, 2.75) is 6.61 Å². The van der Waals surface area contributed by atoms with Gasteiger partial charge in [-0.2, -0.15) is 14.9 Å². The van der Waals surface area contributed by atoms with E-state index in [0.717, 1.165) is 16.5 Å². The van der Waals surface area contributed by atoms with Gasteiger partial charge in [-0.3, -0.25) is 0 Å². The van der Waals surface area contributed by atoms with Crippen LogP contribution in [0.15, 0.2) is 71.8 Å². The Morgan fingerprint density at radius 2 is 1.85 bits per heavy atom. The highest BCUT2D eigenvalue weighted by molar-refractivity contribution is 7.71. The lowest BCUT2D eigenvalue weighted by Crippen LogP contribution is -2.04. The zero-order chi connectivity index (χ0) is 18.6. The van der Waals surface area contributed by atoms with E-state index in [-0.39, 0.29) is 12.4 Å². The molecule has 0 bridgehead atoms. The molecule has 2 N–H and O–H groups in total. The monoisotopic (exact) mass is 376 g/mol. The number of aromatic nitrogens is 3. The molecular weight excluding hydrogens is 360 g/mol. The van der Waals surface area contributed by atoms with Crippen molar-refractivity contribution >= 4 is 29.2 Å². The van der Waals surface area contributed by atoms with Gasteiger partial charge in [-0.1, -0.05) is 48.5 Å². The van der Waals surface area contributed by atoms with Crippen LogP contribution in [0.3, 0.4) is 0 Å². The summed E-state index contributed by atoms with van der Waals surface area (Å²) in [5, 5.41) is 23.5. The standard InChI is InChI=1S/C20H16N4O2S/c25-18-11-10-14-6-4-5-9-16(14)17(18)12-21-24-19(22-23-20(24)27)13-26-15-7-2-1-3-8-15/h1-12,25H,13H2,(H,23,27)/b21-12+. The minimum absolute atomic E-state index is 0.148. The van der Waals surface area contributed by atoms with E-state index in [1.165, 1.54) is 4.68 Å². The first-order valence-corrected chi connectivity index (χ1v) is 8.72. The van der Waals surface area contributed by atoms with Crippen LogP contribution in [0, 0.1) is 4.77 Å². The lowest BCUT2D eigenvalue weighted by molar-refractivity contribution is 0.290. The average molecular weight is 376 g/mol. The van der Waals surface area contributed by atoms with Crippen LogP contribution in [-0.2, 0) is 6.61 Å². The molecule has 0 saturated heterocycles.